The standard InChI is InChI=1S/C11H15O5P/c1-2-7-17(16,8-3-5-10(12)13)9-4-6-11(14)15/h2-6H,1,7-9H2,(H,12,13)(H,14,15). The van der Waals surface area contributed by atoms with Crippen molar-refractivity contribution in [1.29, 1.82) is 0 Å². The largest absolute Gasteiger partial charge is 0.478 e. The van der Waals surface area contributed by atoms with Crippen molar-refractivity contribution in [2.75, 3.05) is 18.5 Å². The molecule has 2 N–H and O–H groups in total. The molecule has 0 bridgehead atoms. The summed E-state index contributed by atoms with van der Waals surface area (Å²) in [4.78, 5) is 20.5. The first kappa shape index (κ1) is 15.4. The molecule has 17 heavy (non-hydrogen) atoms. The molecule has 0 saturated heterocycles. The molecule has 0 aromatic heterocycles. The molecule has 0 aromatic rings. The normalized spacial score (nSPS) is 14.8. The minimum atomic E-state index is -2.65. The van der Waals surface area contributed by atoms with E-state index in [9.17, 15) is 14.2 Å². The molecule has 0 aliphatic carbocycles. The maximum absolute atomic E-state index is 12.2. The molecule has 0 fully saturated rings. The molecule has 0 spiro atoms. The third-order valence-electron chi connectivity index (χ3n) is 1.86. The zero-order chi connectivity index (χ0) is 13.3. The average Bonchev–Trinajstić information content (AvgIpc) is 2.16. The monoisotopic (exact) mass is 258 g/mol. The lowest BCUT2D eigenvalue weighted by Gasteiger charge is -2.11. The zero-order valence-corrected chi connectivity index (χ0v) is 10.2. The van der Waals surface area contributed by atoms with Gasteiger partial charge in [0.05, 0.1) is 7.14 Å². The van der Waals surface area contributed by atoms with Gasteiger partial charge in [-0.05, 0) is 0 Å². The summed E-state index contributed by atoms with van der Waals surface area (Å²) in [5.74, 6) is -2.20. The highest BCUT2D eigenvalue weighted by atomic mass is 31.2. The number of carboxylic acid groups (broad SMARTS) is 2. The Hall–Kier alpha value is -1.61. The Balaban J connectivity index is 4.55. The molecular weight excluding hydrogens is 243 g/mol. The number of allylic oxidation sites excluding steroid dienone is 3. The summed E-state index contributed by atoms with van der Waals surface area (Å²) in [5.41, 5.74) is 0. The van der Waals surface area contributed by atoms with Crippen LogP contribution in [0.1, 0.15) is 0 Å². The number of carbonyl (C=O) groups is 2. The summed E-state index contributed by atoms with van der Waals surface area (Å²) in [7, 11) is -2.65. The van der Waals surface area contributed by atoms with Crippen LogP contribution >= 0.6 is 7.14 Å². The second kappa shape index (κ2) is 7.63. The summed E-state index contributed by atoms with van der Waals surface area (Å²) < 4.78 is 12.2. The van der Waals surface area contributed by atoms with Crippen molar-refractivity contribution >= 4 is 19.1 Å². The van der Waals surface area contributed by atoms with Crippen LogP contribution in [0.4, 0.5) is 0 Å². The van der Waals surface area contributed by atoms with Gasteiger partial charge in [-0.15, -0.1) is 6.58 Å². The summed E-state index contributed by atoms with van der Waals surface area (Å²) in [6.07, 6.45) is 6.48. The molecule has 6 heteroatoms. The van der Waals surface area contributed by atoms with E-state index >= 15 is 0 Å². The number of hydrogen-bond donors (Lipinski definition) is 2. The summed E-state index contributed by atoms with van der Waals surface area (Å²) in [6, 6.07) is 0. The highest BCUT2D eigenvalue weighted by Crippen LogP contribution is 2.45. The lowest BCUT2D eigenvalue weighted by Crippen LogP contribution is -1.97. The highest BCUT2D eigenvalue weighted by Gasteiger charge is 2.17. The van der Waals surface area contributed by atoms with Crippen molar-refractivity contribution in [1.82, 2.24) is 0 Å². The maximum atomic E-state index is 12.2. The molecular formula is C11H15O5P. The van der Waals surface area contributed by atoms with Crippen LogP contribution in [0.15, 0.2) is 37.0 Å². The molecule has 0 radical (unpaired) electrons. The van der Waals surface area contributed by atoms with Crippen LogP contribution in [0.2, 0.25) is 0 Å². The van der Waals surface area contributed by atoms with Crippen molar-refractivity contribution in [2.24, 2.45) is 0 Å². The Morgan fingerprint density at radius 1 is 1.00 bits per heavy atom. The minimum absolute atomic E-state index is 0.120. The molecule has 0 saturated carbocycles. The fourth-order valence-electron chi connectivity index (χ4n) is 1.15. The average molecular weight is 258 g/mol. The Morgan fingerprint density at radius 2 is 1.41 bits per heavy atom. The van der Waals surface area contributed by atoms with Crippen LogP contribution in [-0.2, 0) is 14.2 Å². The van der Waals surface area contributed by atoms with Crippen molar-refractivity contribution in [3.05, 3.63) is 37.0 Å². The summed E-state index contributed by atoms with van der Waals surface area (Å²) in [6.45, 7) is 3.48. The smallest absolute Gasteiger partial charge is 0.327 e. The molecule has 0 atom stereocenters. The van der Waals surface area contributed by atoms with Crippen molar-refractivity contribution in [3.63, 3.8) is 0 Å². The molecule has 0 unspecified atom stereocenters. The van der Waals surface area contributed by atoms with Crippen LogP contribution < -0.4 is 0 Å². The van der Waals surface area contributed by atoms with Gasteiger partial charge in [0.25, 0.3) is 0 Å². The Kier molecular flexibility index (Phi) is 6.91. The van der Waals surface area contributed by atoms with E-state index in [1.807, 2.05) is 0 Å². The first-order valence-electron chi connectivity index (χ1n) is 4.86. The third-order valence-corrected chi connectivity index (χ3v) is 4.54. The van der Waals surface area contributed by atoms with E-state index in [2.05, 4.69) is 6.58 Å². The van der Waals surface area contributed by atoms with E-state index in [1.54, 1.807) is 0 Å². The third kappa shape index (κ3) is 8.22. The fraction of sp³-hybridized carbons (Fsp3) is 0.273. The van der Waals surface area contributed by atoms with Crippen LogP contribution in [-0.4, -0.2) is 40.6 Å². The molecule has 5 nitrogen and oxygen atoms in total. The molecule has 0 amide bonds. The Labute approximate surface area is 99.5 Å². The molecule has 94 valence electrons. The van der Waals surface area contributed by atoms with Gasteiger partial charge in [-0.1, -0.05) is 18.2 Å². The van der Waals surface area contributed by atoms with Crippen LogP contribution in [0.3, 0.4) is 0 Å². The second-order valence-electron chi connectivity index (χ2n) is 3.38. The zero-order valence-electron chi connectivity index (χ0n) is 9.28. The fourth-order valence-corrected chi connectivity index (χ4v) is 3.05. The van der Waals surface area contributed by atoms with Gasteiger partial charge in [-0.2, -0.15) is 0 Å². The van der Waals surface area contributed by atoms with Crippen LogP contribution in [0.25, 0.3) is 0 Å². The summed E-state index contributed by atoms with van der Waals surface area (Å²) in [5, 5.41) is 16.8. The Bertz CT molecular complexity index is 365. The molecule has 0 aromatic carbocycles. The van der Waals surface area contributed by atoms with Crippen molar-refractivity contribution in [3.8, 4) is 0 Å². The van der Waals surface area contributed by atoms with E-state index in [-0.39, 0.29) is 18.5 Å². The number of carboxylic acids is 2. The Morgan fingerprint density at radius 3 is 1.71 bits per heavy atom. The van der Waals surface area contributed by atoms with Crippen LogP contribution in [0, 0.1) is 0 Å². The van der Waals surface area contributed by atoms with E-state index in [4.69, 9.17) is 10.2 Å². The second-order valence-corrected chi connectivity index (χ2v) is 6.59. The predicted molar refractivity (Wildman–Crippen MR) is 66.0 cm³/mol. The number of aliphatic carboxylic acids is 2. The van der Waals surface area contributed by atoms with Gasteiger partial charge in [-0.25, -0.2) is 9.59 Å². The number of rotatable bonds is 8. The first-order chi connectivity index (χ1) is 7.89. The van der Waals surface area contributed by atoms with Gasteiger partial charge >= 0.3 is 11.9 Å². The molecule has 0 aliphatic heterocycles. The van der Waals surface area contributed by atoms with Gasteiger partial charge < -0.3 is 14.8 Å². The van der Waals surface area contributed by atoms with E-state index in [0.717, 1.165) is 12.2 Å². The van der Waals surface area contributed by atoms with Crippen molar-refractivity contribution < 1.29 is 24.4 Å². The van der Waals surface area contributed by atoms with E-state index in [1.165, 1.54) is 18.2 Å². The van der Waals surface area contributed by atoms with Gasteiger partial charge in [0.15, 0.2) is 0 Å². The minimum Gasteiger partial charge on any atom is -0.478 e. The molecule has 0 rings (SSSR count). The van der Waals surface area contributed by atoms with Gasteiger partial charge in [0, 0.05) is 30.6 Å². The topological polar surface area (TPSA) is 91.7 Å². The van der Waals surface area contributed by atoms with E-state index < -0.39 is 19.1 Å². The predicted octanol–water partition coefficient (Wildman–Crippen LogP) is 1.82. The van der Waals surface area contributed by atoms with Gasteiger partial charge in [0.1, 0.15) is 0 Å². The highest BCUT2D eigenvalue weighted by molar-refractivity contribution is 7.64. The van der Waals surface area contributed by atoms with Gasteiger partial charge in [0.2, 0.25) is 0 Å². The lowest BCUT2D eigenvalue weighted by atomic mass is 10.5. The van der Waals surface area contributed by atoms with Gasteiger partial charge in [-0.3, -0.25) is 0 Å². The maximum Gasteiger partial charge on any atom is 0.327 e. The molecule has 0 aliphatic rings. The number of hydrogen-bond acceptors (Lipinski definition) is 3. The van der Waals surface area contributed by atoms with E-state index in [0.29, 0.717) is 0 Å². The lowest BCUT2D eigenvalue weighted by molar-refractivity contribution is -0.132. The van der Waals surface area contributed by atoms with Crippen LogP contribution in [0.5, 0.6) is 0 Å². The first-order valence-corrected chi connectivity index (χ1v) is 7.13. The van der Waals surface area contributed by atoms with Crippen molar-refractivity contribution in [2.45, 2.75) is 0 Å². The SMILES string of the molecule is C=CCP(=O)(CC=CC(=O)O)CC=CC(=O)O. The molecule has 0 heterocycles. The summed E-state index contributed by atoms with van der Waals surface area (Å²) >= 11 is 0. The quantitative estimate of drug-likeness (QED) is 0.393.